The average Bonchev–Trinajstić information content (AvgIpc) is 2.37. The van der Waals surface area contributed by atoms with Gasteiger partial charge in [-0.3, -0.25) is 0 Å². The Bertz CT molecular complexity index is 456. The van der Waals surface area contributed by atoms with E-state index in [0.29, 0.717) is 13.0 Å². The van der Waals surface area contributed by atoms with Crippen LogP contribution in [0.5, 0.6) is 11.5 Å². The monoisotopic (exact) mass is 287 g/mol. The van der Waals surface area contributed by atoms with Crippen molar-refractivity contribution in [3.63, 3.8) is 0 Å². The predicted octanol–water partition coefficient (Wildman–Crippen LogP) is 1.92. The van der Waals surface area contributed by atoms with Crippen molar-refractivity contribution < 1.29 is 17.9 Å². The minimum atomic E-state index is -3.31. The fraction of sp³-hybridized carbons (Fsp3) is 0.538. The van der Waals surface area contributed by atoms with Gasteiger partial charge in [0.25, 0.3) is 0 Å². The Morgan fingerprint density at radius 3 is 2.16 bits per heavy atom. The first-order valence-electron chi connectivity index (χ1n) is 6.28. The van der Waals surface area contributed by atoms with E-state index < -0.39 is 10.0 Å². The van der Waals surface area contributed by atoms with Crippen molar-refractivity contribution in [2.75, 3.05) is 19.5 Å². The van der Waals surface area contributed by atoms with Crippen LogP contribution in [-0.4, -0.2) is 27.9 Å². The summed E-state index contributed by atoms with van der Waals surface area (Å²) in [7, 11) is -1.69. The van der Waals surface area contributed by atoms with Gasteiger partial charge in [-0.1, -0.05) is 12.8 Å². The molecular weight excluding hydrogens is 266 g/mol. The van der Waals surface area contributed by atoms with Crippen LogP contribution in [-0.2, 0) is 10.0 Å². The van der Waals surface area contributed by atoms with Gasteiger partial charge in [0, 0.05) is 0 Å². The standard InChI is InChI=1S/C13H21NO4S/c1-17-12-6-8-13(9-7-12)18-10-4-2-3-5-11-19(14,15)16/h6-9H,2-5,10-11H2,1H3,(H2,14,15,16). The van der Waals surface area contributed by atoms with Crippen molar-refractivity contribution >= 4 is 10.0 Å². The number of primary sulfonamides is 1. The molecular formula is C13H21NO4S. The Balaban J connectivity index is 2.07. The molecule has 1 aromatic rings. The molecule has 0 radical (unpaired) electrons. The van der Waals surface area contributed by atoms with Gasteiger partial charge in [-0.2, -0.15) is 0 Å². The highest BCUT2D eigenvalue weighted by atomic mass is 32.2. The van der Waals surface area contributed by atoms with E-state index in [2.05, 4.69) is 0 Å². The van der Waals surface area contributed by atoms with E-state index in [4.69, 9.17) is 14.6 Å². The lowest BCUT2D eigenvalue weighted by molar-refractivity contribution is 0.304. The van der Waals surface area contributed by atoms with E-state index in [1.165, 1.54) is 0 Å². The van der Waals surface area contributed by atoms with Gasteiger partial charge in [0.05, 0.1) is 19.5 Å². The molecule has 0 amide bonds. The lowest BCUT2D eigenvalue weighted by Gasteiger charge is -2.06. The van der Waals surface area contributed by atoms with E-state index in [1.807, 2.05) is 24.3 Å². The summed E-state index contributed by atoms with van der Waals surface area (Å²) < 4.78 is 32.0. The Kier molecular flexibility index (Phi) is 6.66. The summed E-state index contributed by atoms with van der Waals surface area (Å²) in [5.41, 5.74) is 0. The van der Waals surface area contributed by atoms with Gasteiger partial charge in [-0.15, -0.1) is 0 Å². The Morgan fingerprint density at radius 2 is 1.58 bits per heavy atom. The van der Waals surface area contributed by atoms with Gasteiger partial charge in [0.15, 0.2) is 0 Å². The van der Waals surface area contributed by atoms with Crippen LogP contribution in [0.1, 0.15) is 25.7 Å². The number of ether oxygens (including phenoxy) is 2. The van der Waals surface area contributed by atoms with Crippen LogP contribution >= 0.6 is 0 Å². The highest BCUT2D eigenvalue weighted by Crippen LogP contribution is 2.17. The van der Waals surface area contributed by atoms with Gasteiger partial charge in [0.1, 0.15) is 11.5 Å². The van der Waals surface area contributed by atoms with E-state index in [1.54, 1.807) is 7.11 Å². The Morgan fingerprint density at radius 1 is 1.00 bits per heavy atom. The largest absolute Gasteiger partial charge is 0.497 e. The number of unbranched alkanes of at least 4 members (excludes halogenated alkanes) is 3. The SMILES string of the molecule is COc1ccc(OCCCCCCS(N)(=O)=O)cc1. The molecule has 108 valence electrons. The summed E-state index contributed by atoms with van der Waals surface area (Å²) in [6, 6.07) is 7.42. The summed E-state index contributed by atoms with van der Waals surface area (Å²) in [6.07, 6.45) is 3.30. The van der Waals surface area contributed by atoms with Crippen LogP contribution in [0.25, 0.3) is 0 Å². The van der Waals surface area contributed by atoms with Crippen molar-refractivity contribution in [2.45, 2.75) is 25.7 Å². The number of sulfonamides is 1. The number of benzene rings is 1. The first kappa shape index (κ1) is 15.8. The minimum absolute atomic E-state index is 0.0618. The first-order valence-corrected chi connectivity index (χ1v) is 8.00. The Labute approximate surface area is 114 Å². The zero-order valence-corrected chi connectivity index (χ0v) is 12.0. The third-order valence-corrected chi connectivity index (χ3v) is 3.51. The molecule has 5 nitrogen and oxygen atoms in total. The molecule has 19 heavy (non-hydrogen) atoms. The smallest absolute Gasteiger partial charge is 0.209 e. The molecule has 6 heteroatoms. The van der Waals surface area contributed by atoms with Crippen LogP contribution in [0, 0.1) is 0 Å². The van der Waals surface area contributed by atoms with Gasteiger partial charge in [-0.25, -0.2) is 13.6 Å². The fourth-order valence-electron chi connectivity index (χ4n) is 1.62. The van der Waals surface area contributed by atoms with Crippen molar-refractivity contribution in [1.29, 1.82) is 0 Å². The van der Waals surface area contributed by atoms with E-state index in [0.717, 1.165) is 30.8 Å². The maximum absolute atomic E-state index is 10.7. The number of hydrogen-bond acceptors (Lipinski definition) is 4. The van der Waals surface area contributed by atoms with E-state index in [-0.39, 0.29) is 5.75 Å². The number of methoxy groups -OCH3 is 1. The van der Waals surface area contributed by atoms with Crippen LogP contribution < -0.4 is 14.6 Å². The second kappa shape index (κ2) is 8.01. The highest BCUT2D eigenvalue weighted by Gasteiger charge is 2.01. The molecule has 0 heterocycles. The fourth-order valence-corrected chi connectivity index (χ4v) is 2.23. The molecule has 0 aromatic heterocycles. The Hall–Kier alpha value is -1.27. The molecule has 0 unspecified atom stereocenters. The maximum atomic E-state index is 10.7. The molecule has 2 N–H and O–H groups in total. The zero-order valence-electron chi connectivity index (χ0n) is 11.2. The van der Waals surface area contributed by atoms with Crippen molar-refractivity contribution in [2.24, 2.45) is 5.14 Å². The second-order valence-electron chi connectivity index (χ2n) is 4.31. The van der Waals surface area contributed by atoms with E-state index >= 15 is 0 Å². The molecule has 0 aliphatic carbocycles. The average molecular weight is 287 g/mol. The molecule has 0 spiro atoms. The molecule has 0 fully saturated rings. The minimum Gasteiger partial charge on any atom is -0.497 e. The van der Waals surface area contributed by atoms with Gasteiger partial charge in [0.2, 0.25) is 10.0 Å². The van der Waals surface area contributed by atoms with Crippen molar-refractivity contribution in [1.82, 2.24) is 0 Å². The van der Waals surface area contributed by atoms with Crippen molar-refractivity contribution in [3.8, 4) is 11.5 Å². The lowest BCUT2D eigenvalue weighted by atomic mass is 10.2. The topological polar surface area (TPSA) is 78.6 Å². The molecule has 0 bridgehead atoms. The lowest BCUT2D eigenvalue weighted by Crippen LogP contribution is -2.16. The maximum Gasteiger partial charge on any atom is 0.209 e. The van der Waals surface area contributed by atoms with Gasteiger partial charge in [-0.05, 0) is 37.1 Å². The molecule has 1 rings (SSSR count). The van der Waals surface area contributed by atoms with Crippen LogP contribution in [0.3, 0.4) is 0 Å². The second-order valence-corrected chi connectivity index (χ2v) is 6.04. The summed E-state index contributed by atoms with van der Waals surface area (Å²) in [6.45, 7) is 0.627. The number of hydrogen-bond donors (Lipinski definition) is 1. The number of rotatable bonds is 9. The zero-order chi connectivity index (χ0) is 14.1. The predicted molar refractivity (Wildman–Crippen MR) is 74.9 cm³/mol. The third-order valence-electron chi connectivity index (χ3n) is 2.65. The van der Waals surface area contributed by atoms with E-state index in [9.17, 15) is 8.42 Å². The quantitative estimate of drug-likeness (QED) is 0.704. The molecule has 0 aliphatic heterocycles. The summed E-state index contributed by atoms with van der Waals surface area (Å²) in [4.78, 5) is 0. The highest BCUT2D eigenvalue weighted by molar-refractivity contribution is 7.89. The van der Waals surface area contributed by atoms with Crippen molar-refractivity contribution in [3.05, 3.63) is 24.3 Å². The normalized spacial score (nSPS) is 11.3. The summed E-state index contributed by atoms with van der Waals surface area (Å²) in [5, 5.41) is 4.91. The molecule has 0 saturated carbocycles. The van der Waals surface area contributed by atoms with Crippen LogP contribution in [0.4, 0.5) is 0 Å². The number of nitrogens with two attached hydrogens (primary N) is 1. The summed E-state index contributed by atoms with van der Waals surface area (Å²) >= 11 is 0. The molecule has 0 atom stereocenters. The summed E-state index contributed by atoms with van der Waals surface area (Å²) in [5.74, 6) is 1.67. The van der Waals surface area contributed by atoms with Gasteiger partial charge < -0.3 is 9.47 Å². The van der Waals surface area contributed by atoms with Gasteiger partial charge >= 0.3 is 0 Å². The molecule has 1 aromatic carbocycles. The molecule has 0 aliphatic rings. The van der Waals surface area contributed by atoms with Crippen LogP contribution in [0.15, 0.2) is 24.3 Å². The first-order chi connectivity index (χ1) is 9.01. The third kappa shape index (κ3) is 7.69. The van der Waals surface area contributed by atoms with Crippen LogP contribution in [0.2, 0.25) is 0 Å². The molecule has 0 saturated heterocycles.